The van der Waals surface area contributed by atoms with Crippen molar-refractivity contribution in [1.82, 2.24) is 14.9 Å². The molecule has 2 aromatic rings. The molecule has 0 atom stereocenters. The number of carbonyl (C=O) groups excluding carboxylic acids is 1. The molecule has 1 saturated carbocycles. The molecule has 2 aromatic heterocycles. The van der Waals surface area contributed by atoms with Gasteiger partial charge in [-0.1, -0.05) is 0 Å². The highest BCUT2D eigenvalue weighted by Gasteiger charge is 2.31. The molecular formula is C18H20F3N3O2. The van der Waals surface area contributed by atoms with Gasteiger partial charge in [-0.3, -0.25) is 4.79 Å². The van der Waals surface area contributed by atoms with Gasteiger partial charge in [-0.2, -0.15) is 13.2 Å². The Balaban J connectivity index is 1.43. The molecule has 0 unspecified atom stereocenters. The predicted molar refractivity (Wildman–Crippen MR) is 88.5 cm³/mol. The van der Waals surface area contributed by atoms with Crippen LogP contribution in [0.3, 0.4) is 0 Å². The van der Waals surface area contributed by atoms with Gasteiger partial charge in [0.2, 0.25) is 11.8 Å². The smallest absolute Gasteiger partial charge is 0.417 e. The van der Waals surface area contributed by atoms with E-state index in [2.05, 4.69) is 10.3 Å². The summed E-state index contributed by atoms with van der Waals surface area (Å²) < 4.78 is 45.1. The van der Waals surface area contributed by atoms with E-state index in [1.54, 1.807) is 4.57 Å². The number of alkyl halides is 3. The molecule has 0 aliphatic heterocycles. The summed E-state index contributed by atoms with van der Waals surface area (Å²) in [4.78, 5) is 15.7. The minimum Gasteiger partial charge on any atom is -0.474 e. The summed E-state index contributed by atoms with van der Waals surface area (Å²) in [6.07, 6.45) is 2.92. The quantitative estimate of drug-likeness (QED) is 0.881. The molecule has 1 aliphatic carbocycles. The van der Waals surface area contributed by atoms with E-state index in [0.717, 1.165) is 37.9 Å². The van der Waals surface area contributed by atoms with E-state index < -0.39 is 11.7 Å². The topological polar surface area (TPSA) is 56.2 Å². The highest BCUT2D eigenvalue weighted by molar-refractivity contribution is 5.76. The lowest BCUT2D eigenvalue weighted by Crippen LogP contribution is -2.41. The molecular weight excluding hydrogens is 347 g/mol. The lowest BCUT2D eigenvalue weighted by Gasteiger charge is -2.29. The Kier molecular flexibility index (Phi) is 5.49. The Morgan fingerprint density at radius 3 is 2.46 bits per heavy atom. The number of hydrogen-bond acceptors (Lipinski definition) is 3. The summed E-state index contributed by atoms with van der Waals surface area (Å²) in [5, 5.41) is 3.01. The van der Waals surface area contributed by atoms with Crippen LogP contribution in [0.4, 0.5) is 13.2 Å². The van der Waals surface area contributed by atoms with Crippen LogP contribution in [0.25, 0.3) is 0 Å². The van der Waals surface area contributed by atoms with Crippen LogP contribution in [0.15, 0.2) is 42.9 Å². The van der Waals surface area contributed by atoms with Crippen molar-refractivity contribution in [3.05, 3.63) is 48.4 Å². The number of carbonyl (C=O) groups is 1. The molecule has 1 N–H and O–H groups in total. The Morgan fingerprint density at radius 2 is 1.88 bits per heavy atom. The number of nitrogens with one attached hydrogen (secondary N) is 1. The molecule has 1 amide bonds. The summed E-state index contributed by atoms with van der Waals surface area (Å²) in [6, 6.07) is 6.04. The number of halogens is 3. The van der Waals surface area contributed by atoms with Crippen molar-refractivity contribution in [3.63, 3.8) is 0 Å². The maximum absolute atomic E-state index is 12.5. The second kappa shape index (κ2) is 7.80. The van der Waals surface area contributed by atoms with Crippen LogP contribution in [-0.4, -0.2) is 27.6 Å². The summed E-state index contributed by atoms with van der Waals surface area (Å²) in [7, 11) is 0. The van der Waals surface area contributed by atoms with Crippen LogP contribution in [0.2, 0.25) is 0 Å². The second-order valence-electron chi connectivity index (χ2n) is 6.40. The van der Waals surface area contributed by atoms with Crippen molar-refractivity contribution in [1.29, 1.82) is 0 Å². The lowest BCUT2D eigenvalue weighted by molar-refractivity contribution is -0.137. The molecule has 0 bridgehead atoms. The molecule has 0 saturated heterocycles. The Bertz CT molecular complexity index is 706. The third-order valence-corrected chi connectivity index (χ3v) is 4.38. The minimum atomic E-state index is -4.40. The second-order valence-corrected chi connectivity index (χ2v) is 6.40. The van der Waals surface area contributed by atoms with Crippen LogP contribution in [-0.2, 0) is 17.5 Å². The molecule has 1 aliphatic rings. The van der Waals surface area contributed by atoms with Crippen LogP contribution >= 0.6 is 0 Å². The maximum atomic E-state index is 12.5. The van der Waals surface area contributed by atoms with Gasteiger partial charge in [0.05, 0.1) is 5.56 Å². The molecule has 0 aromatic carbocycles. The van der Waals surface area contributed by atoms with Crippen molar-refractivity contribution >= 4 is 5.91 Å². The first-order valence-corrected chi connectivity index (χ1v) is 8.50. The average Bonchev–Trinajstić information content (AvgIpc) is 3.09. The molecule has 0 spiro atoms. The van der Waals surface area contributed by atoms with Gasteiger partial charge < -0.3 is 14.6 Å². The Hall–Kier alpha value is -2.51. The minimum absolute atomic E-state index is 0.0324. The highest BCUT2D eigenvalue weighted by Crippen LogP contribution is 2.30. The first-order valence-electron chi connectivity index (χ1n) is 8.50. The standard InChI is InChI=1S/C18H20F3N3O2/c19-18(20,21)13-3-8-17(22-11-13)26-15-6-4-14(5-7-15)23-16(25)12-24-9-1-2-10-24/h1-3,8-11,14-15H,4-7,12H2,(H,23,25). The van der Waals surface area contributed by atoms with E-state index in [9.17, 15) is 18.0 Å². The molecule has 5 nitrogen and oxygen atoms in total. The fourth-order valence-electron chi connectivity index (χ4n) is 3.03. The average molecular weight is 367 g/mol. The molecule has 3 rings (SSSR count). The molecule has 26 heavy (non-hydrogen) atoms. The number of amides is 1. The lowest BCUT2D eigenvalue weighted by atomic mass is 9.93. The van der Waals surface area contributed by atoms with Gasteiger partial charge in [-0.05, 0) is 43.9 Å². The van der Waals surface area contributed by atoms with E-state index in [-0.39, 0.29) is 23.9 Å². The van der Waals surface area contributed by atoms with Crippen molar-refractivity contribution in [2.75, 3.05) is 0 Å². The highest BCUT2D eigenvalue weighted by atomic mass is 19.4. The van der Waals surface area contributed by atoms with Gasteiger partial charge in [0.25, 0.3) is 0 Å². The van der Waals surface area contributed by atoms with Crippen molar-refractivity contribution in [2.45, 2.75) is 50.6 Å². The van der Waals surface area contributed by atoms with Crippen LogP contribution in [0, 0.1) is 0 Å². The third-order valence-electron chi connectivity index (χ3n) is 4.38. The molecule has 2 heterocycles. The van der Waals surface area contributed by atoms with Crippen LogP contribution in [0.1, 0.15) is 31.2 Å². The van der Waals surface area contributed by atoms with Crippen molar-refractivity contribution < 1.29 is 22.7 Å². The van der Waals surface area contributed by atoms with E-state index in [4.69, 9.17) is 4.74 Å². The zero-order valence-corrected chi connectivity index (χ0v) is 14.1. The normalized spacial score (nSPS) is 20.6. The van der Waals surface area contributed by atoms with Gasteiger partial charge in [0.15, 0.2) is 0 Å². The van der Waals surface area contributed by atoms with E-state index in [0.29, 0.717) is 6.54 Å². The van der Waals surface area contributed by atoms with E-state index >= 15 is 0 Å². The van der Waals surface area contributed by atoms with Crippen molar-refractivity contribution in [2.24, 2.45) is 0 Å². The first-order chi connectivity index (χ1) is 12.4. The Morgan fingerprint density at radius 1 is 1.19 bits per heavy atom. The van der Waals surface area contributed by atoms with Gasteiger partial charge in [-0.15, -0.1) is 0 Å². The Labute approximate surface area is 149 Å². The number of hydrogen-bond donors (Lipinski definition) is 1. The summed E-state index contributed by atoms with van der Waals surface area (Å²) in [6.45, 7) is 0.291. The third kappa shape index (κ3) is 5.00. The first kappa shape index (κ1) is 18.3. The molecule has 8 heteroatoms. The van der Waals surface area contributed by atoms with Crippen LogP contribution < -0.4 is 10.1 Å². The van der Waals surface area contributed by atoms with Gasteiger partial charge >= 0.3 is 6.18 Å². The predicted octanol–water partition coefficient (Wildman–Crippen LogP) is 3.41. The number of nitrogens with zero attached hydrogens (tertiary/aromatic N) is 2. The maximum Gasteiger partial charge on any atom is 0.417 e. The monoisotopic (exact) mass is 367 g/mol. The number of ether oxygens (including phenoxy) is 1. The van der Waals surface area contributed by atoms with E-state index in [1.165, 1.54) is 6.07 Å². The summed E-state index contributed by atoms with van der Waals surface area (Å²) in [5.41, 5.74) is -0.793. The number of pyridine rings is 1. The summed E-state index contributed by atoms with van der Waals surface area (Å²) >= 11 is 0. The zero-order valence-electron chi connectivity index (χ0n) is 14.1. The SMILES string of the molecule is O=C(Cn1cccc1)NC1CCC(Oc2ccc(C(F)(F)F)cn2)CC1. The fraction of sp³-hybridized carbons (Fsp3) is 0.444. The summed E-state index contributed by atoms with van der Waals surface area (Å²) in [5.74, 6) is 0.160. The number of aromatic nitrogens is 2. The van der Waals surface area contributed by atoms with Gasteiger partial charge in [-0.25, -0.2) is 4.98 Å². The van der Waals surface area contributed by atoms with Gasteiger partial charge in [0, 0.05) is 30.7 Å². The largest absolute Gasteiger partial charge is 0.474 e. The van der Waals surface area contributed by atoms with E-state index in [1.807, 2.05) is 24.5 Å². The zero-order chi connectivity index (χ0) is 18.6. The molecule has 1 fully saturated rings. The molecule has 140 valence electrons. The van der Waals surface area contributed by atoms with Gasteiger partial charge in [0.1, 0.15) is 12.6 Å². The van der Waals surface area contributed by atoms with Crippen LogP contribution in [0.5, 0.6) is 5.88 Å². The van der Waals surface area contributed by atoms with Crippen molar-refractivity contribution in [3.8, 4) is 5.88 Å². The fourth-order valence-corrected chi connectivity index (χ4v) is 3.03. The number of rotatable bonds is 5. The molecule has 0 radical (unpaired) electrons.